The fourth-order valence-corrected chi connectivity index (χ4v) is 8.82. The summed E-state index contributed by atoms with van der Waals surface area (Å²) in [7, 11) is 0. The molecule has 0 radical (unpaired) electrons. The lowest BCUT2D eigenvalue weighted by atomic mass is 9.39. The molecule has 2 rings (SSSR count). The highest BCUT2D eigenvalue weighted by atomic mass is 79.9. The summed E-state index contributed by atoms with van der Waals surface area (Å²) in [5.74, 6) is 0.191. The maximum absolute atomic E-state index is 13.2. The number of nitriles is 1. The fraction of sp³-hybridized carbons (Fsp3) is 0.853. The van der Waals surface area contributed by atoms with Crippen LogP contribution in [-0.2, 0) is 9.59 Å². The van der Waals surface area contributed by atoms with Gasteiger partial charge < -0.3 is 9.90 Å². The molecule has 4 nitrogen and oxygen atoms in total. The van der Waals surface area contributed by atoms with Gasteiger partial charge in [-0.05, 0) is 84.4 Å². The maximum atomic E-state index is 13.2. The number of carbonyl (C=O) groups excluding carboxylic acids is 2. The number of nitrogens with zero attached hydrogens (tertiary/aromatic N) is 1. The van der Waals surface area contributed by atoms with Crippen molar-refractivity contribution >= 4 is 27.5 Å². The predicted molar refractivity (Wildman–Crippen MR) is 164 cm³/mol. The lowest BCUT2D eigenvalue weighted by molar-refractivity contribution is -0.156. The second-order valence-corrected chi connectivity index (χ2v) is 16.4. The third-order valence-corrected chi connectivity index (χ3v) is 12.8. The van der Waals surface area contributed by atoms with E-state index in [0.29, 0.717) is 11.8 Å². The van der Waals surface area contributed by atoms with Gasteiger partial charge in [0, 0.05) is 17.2 Å². The van der Waals surface area contributed by atoms with Crippen molar-refractivity contribution in [3.05, 3.63) is 11.6 Å². The number of aliphatic hydroxyl groups excluding tert-OH is 1. The highest BCUT2D eigenvalue weighted by molar-refractivity contribution is 9.09. The molecular formula is C34H56BrNO3. The van der Waals surface area contributed by atoms with E-state index < -0.39 is 16.9 Å². The van der Waals surface area contributed by atoms with Gasteiger partial charge in [0.2, 0.25) is 0 Å². The van der Waals surface area contributed by atoms with Crippen LogP contribution in [-0.4, -0.2) is 28.1 Å². The van der Waals surface area contributed by atoms with Gasteiger partial charge in [0.25, 0.3) is 0 Å². The van der Waals surface area contributed by atoms with Gasteiger partial charge >= 0.3 is 0 Å². The van der Waals surface area contributed by atoms with Crippen molar-refractivity contribution < 1.29 is 14.7 Å². The van der Waals surface area contributed by atoms with Crippen LogP contribution in [0.15, 0.2) is 11.6 Å². The topological polar surface area (TPSA) is 78.2 Å². The number of fused-ring (bicyclic) bond motifs is 1. The summed E-state index contributed by atoms with van der Waals surface area (Å²) in [6.07, 6.45) is 8.77. The number of hydrogen-bond donors (Lipinski definition) is 1. The highest BCUT2D eigenvalue weighted by Crippen LogP contribution is 2.68. The first-order valence-electron chi connectivity index (χ1n) is 15.1. The van der Waals surface area contributed by atoms with Crippen LogP contribution in [0.25, 0.3) is 0 Å². The van der Waals surface area contributed by atoms with Crippen LogP contribution in [0.2, 0.25) is 0 Å². The van der Waals surface area contributed by atoms with Gasteiger partial charge in [0.15, 0.2) is 5.78 Å². The first-order chi connectivity index (χ1) is 17.7. The Kier molecular flexibility index (Phi) is 10.3. The van der Waals surface area contributed by atoms with Crippen LogP contribution in [0.1, 0.15) is 128 Å². The van der Waals surface area contributed by atoms with E-state index >= 15 is 0 Å². The van der Waals surface area contributed by atoms with E-state index in [-0.39, 0.29) is 50.6 Å². The van der Waals surface area contributed by atoms with Crippen LogP contribution in [0.5, 0.6) is 0 Å². The Labute approximate surface area is 247 Å². The molecule has 222 valence electrons. The Morgan fingerprint density at radius 3 is 2.18 bits per heavy atom. The minimum atomic E-state index is -0.639. The molecule has 0 heterocycles. The molecule has 0 spiro atoms. The molecule has 0 aromatic carbocycles. The summed E-state index contributed by atoms with van der Waals surface area (Å²) < 4.78 is 0. The Morgan fingerprint density at radius 1 is 1.13 bits per heavy atom. The lowest BCUT2D eigenvalue weighted by Crippen LogP contribution is -2.60. The largest absolute Gasteiger partial charge is 0.392 e. The number of rotatable bonds is 12. The molecule has 5 heteroatoms. The number of halogens is 1. The van der Waals surface area contributed by atoms with E-state index in [0.717, 1.165) is 44.9 Å². The number of ketones is 2. The molecule has 0 aliphatic heterocycles. The first-order valence-corrected chi connectivity index (χ1v) is 16.2. The first kappa shape index (κ1) is 34.2. The van der Waals surface area contributed by atoms with Crippen LogP contribution < -0.4 is 0 Å². The Balaban J connectivity index is 2.52. The van der Waals surface area contributed by atoms with Gasteiger partial charge in [-0.2, -0.15) is 5.26 Å². The van der Waals surface area contributed by atoms with Crippen LogP contribution in [0, 0.1) is 55.7 Å². The molecular weight excluding hydrogens is 550 g/mol. The number of hydrogen-bond acceptors (Lipinski definition) is 4. The SMILES string of the molecule is CCC(C)(C)CC[C@@](C)(CCC(C)(C)[C@]1(C)CC[C@H]2C(C)(C)C(=O)C(C#N)=C[C@]2(C)[C@H]1CC(C)=O)C(O)CBr. The average molecular weight is 607 g/mol. The Bertz CT molecular complexity index is 1000. The summed E-state index contributed by atoms with van der Waals surface area (Å²) in [6.45, 7) is 24.0. The molecule has 6 atom stereocenters. The molecule has 2 aliphatic carbocycles. The summed E-state index contributed by atoms with van der Waals surface area (Å²) in [5, 5.41) is 21.6. The summed E-state index contributed by atoms with van der Waals surface area (Å²) in [5.41, 5.74) is -1.09. The van der Waals surface area contributed by atoms with E-state index in [1.165, 1.54) is 0 Å². The molecule has 0 aromatic rings. The molecule has 2 aliphatic rings. The Hall–Kier alpha value is -0.990. The molecule has 1 fully saturated rings. The molecule has 0 aromatic heterocycles. The number of Topliss-reactive ketones (excluding diaryl/α,β-unsaturated/α-hetero) is 2. The van der Waals surface area contributed by atoms with E-state index in [9.17, 15) is 20.0 Å². The van der Waals surface area contributed by atoms with Gasteiger partial charge in [0.1, 0.15) is 11.9 Å². The van der Waals surface area contributed by atoms with Gasteiger partial charge in [-0.1, -0.05) is 97.7 Å². The standard InChI is InChI=1S/C34H56BrNO3/c1-12-29(3,4)15-17-32(9,27(38)21-35)18-16-30(5,6)34(11)14-13-25-31(7,8)28(39)24(22-36)20-33(25,10)26(34)19-23(2)37/h20,25-27,38H,12-19,21H2,1-11H3/t25-,26+,27?,32-,33-,34+/m0/s1. The van der Waals surface area contributed by atoms with Crippen molar-refractivity contribution in [2.24, 2.45) is 44.3 Å². The van der Waals surface area contributed by atoms with Crippen molar-refractivity contribution in [3.63, 3.8) is 0 Å². The van der Waals surface area contributed by atoms with Crippen LogP contribution >= 0.6 is 15.9 Å². The molecule has 0 amide bonds. The van der Waals surface area contributed by atoms with E-state index in [4.69, 9.17) is 0 Å². The zero-order chi connectivity index (χ0) is 30.2. The molecule has 1 saturated carbocycles. The van der Waals surface area contributed by atoms with Gasteiger partial charge in [0.05, 0.1) is 11.7 Å². The second-order valence-electron chi connectivity index (χ2n) is 15.8. The minimum Gasteiger partial charge on any atom is -0.392 e. The lowest BCUT2D eigenvalue weighted by Gasteiger charge is -2.64. The maximum Gasteiger partial charge on any atom is 0.178 e. The third-order valence-electron chi connectivity index (χ3n) is 12.1. The summed E-state index contributed by atoms with van der Waals surface area (Å²) in [6, 6.07) is 2.20. The van der Waals surface area contributed by atoms with Crippen LogP contribution in [0.4, 0.5) is 0 Å². The number of carbonyl (C=O) groups is 2. The van der Waals surface area contributed by atoms with Crippen molar-refractivity contribution in [2.75, 3.05) is 5.33 Å². The number of allylic oxidation sites excluding steroid dienone is 2. The zero-order valence-corrected chi connectivity index (χ0v) is 28.3. The Morgan fingerprint density at radius 2 is 1.69 bits per heavy atom. The minimum absolute atomic E-state index is 0.0124. The average Bonchev–Trinajstić information content (AvgIpc) is 2.85. The highest BCUT2D eigenvalue weighted by Gasteiger charge is 2.63. The van der Waals surface area contributed by atoms with Gasteiger partial charge in [-0.15, -0.1) is 0 Å². The van der Waals surface area contributed by atoms with Gasteiger partial charge in [-0.25, -0.2) is 0 Å². The molecule has 0 bridgehead atoms. The number of aliphatic hydroxyl groups is 1. The van der Waals surface area contributed by atoms with E-state index in [1.54, 1.807) is 6.92 Å². The fourth-order valence-electron chi connectivity index (χ4n) is 8.03. The summed E-state index contributed by atoms with van der Waals surface area (Å²) >= 11 is 3.56. The molecule has 1 N–H and O–H groups in total. The third kappa shape index (κ3) is 6.43. The van der Waals surface area contributed by atoms with Crippen molar-refractivity contribution in [2.45, 2.75) is 134 Å². The van der Waals surface area contributed by atoms with Crippen molar-refractivity contribution in [3.8, 4) is 6.07 Å². The number of alkyl halides is 1. The van der Waals surface area contributed by atoms with Crippen LogP contribution in [0.3, 0.4) is 0 Å². The molecule has 0 saturated heterocycles. The smallest absolute Gasteiger partial charge is 0.178 e. The monoisotopic (exact) mass is 605 g/mol. The molecule has 1 unspecified atom stereocenters. The summed E-state index contributed by atoms with van der Waals surface area (Å²) in [4.78, 5) is 26.0. The van der Waals surface area contributed by atoms with E-state index in [2.05, 4.69) is 77.4 Å². The van der Waals surface area contributed by atoms with E-state index in [1.807, 2.05) is 19.9 Å². The quantitative estimate of drug-likeness (QED) is 0.225. The van der Waals surface area contributed by atoms with Crippen molar-refractivity contribution in [1.82, 2.24) is 0 Å². The predicted octanol–water partition coefficient (Wildman–Crippen LogP) is 8.85. The van der Waals surface area contributed by atoms with Gasteiger partial charge in [-0.3, -0.25) is 4.79 Å². The molecule has 39 heavy (non-hydrogen) atoms. The van der Waals surface area contributed by atoms with Crippen molar-refractivity contribution in [1.29, 1.82) is 5.26 Å². The normalized spacial score (nSPS) is 31.5. The second kappa shape index (κ2) is 11.7. The zero-order valence-electron chi connectivity index (χ0n) is 26.8.